The van der Waals surface area contributed by atoms with Crippen molar-refractivity contribution < 1.29 is 9.47 Å². The van der Waals surface area contributed by atoms with Gasteiger partial charge in [-0.25, -0.2) is 0 Å². The Bertz CT molecular complexity index is 2770. The molecule has 2 aliphatic heterocycles. The number of rotatable bonds is 2. The lowest BCUT2D eigenvalue weighted by atomic mass is 9.93. The maximum atomic E-state index is 6.52. The molecule has 50 heavy (non-hydrogen) atoms. The Morgan fingerprint density at radius 1 is 0.380 bits per heavy atom. The normalized spacial score (nSPS) is 12.7. The average Bonchev–Trinajstić information content (AvgIpc) is 3.61. The minimum Gasteiger partial charge on any atom is -0.453 e. The van der Waals surface area contributed by atoms with Crippen molar-refractivity contribution in [2.75, 3.05) is 0 Å². The Hall–Kier alpha value is -6.26. The lowest BCUT2D eigenvalue weighted by molar-refractivity contribution is 0.475. The maximum Gasteiger partial charge on any atom is 0.152 e. The highest BCUT2D eigenvalue weighted by atomic mass is 16.5. The fourth-order valence-corrected chi connectivity index (χ4v) is 8.49. The molecule has 9 aromatic rings. The van der Waals surface area contributed by atoms with Gasteiger partial charge in [0, 0.05) is 21.5 Å². The van der Waals surface area contributed by atoms with Crippen LogP contribution in [0.2, 0.25) is 0 Å². The summed E-state index contributed by atoms with van der Waals surface area (Å²) in [5.74, 6) is 3.62. The monoisotopic (exact) mass is 644 g/mol. The smallest absolute Gasteiger partial charge is 0.152 e. The molecule has 4 nitrogen and oxygen atoms in total. The number of nitrogens with zero attached hydrogens (tertiary/aromatic N) is 2. The van der Waals surface area contributed by atoms with Crippen LogP contribution < -0.4 is 9.47 Å². The molecule has 0 N–H and O–H groups in total. The van der Waals surface area contributed by atoms with Crippen LogP contribution in [-0.2, 0) is 0 Å². The summed E-state index contributed by atoms with van der Waals surface area (Å²) >= 11 is 0. The summed E-state index contributed by atoms with van der Waals surface area (Å²) in [6, 6.07) is 44.5. The van der Waals surface area contributed by atoms with Gasteiger partial charge in [-0.05, 0) is 145 Å². The van der Waals surface area contributed by atoms with Crippen LogP contribution in [0.15, 0.2) is 121 Å². The summed E-state index contributed by atoms with van der Waals surface area (Å²) < 4.78 is 17.8. The Balaban J connectivity index is 1.12. The first kappa shape index (κ1) is 27.7. The van der Waals surface area contributed by atoms with E-state index < -0.39 is 0 Å². The van der Waals surface area contributed by atoms with E-state index in [0.29, 0.717) is 0 Å². The number of aromatic nitrogens is 2. The number of aryl methyl sites for hydroxylation is 4. The molecule has 2 aliphatic rings. The molecule has 7 aromatic carbocycles. The quantitative estimate of drug-likeness (QED) is 0.187. The third-order valence-electron chi connectivity index (χ3n) is 10.6. The van der Waals surface area contributed by atoms with Gasteiger partial charge in [0.2, 0.25) is 0 Å². The van der Waals surface area contributed by atoms with Crippen molar-refractivity contribution in [3.05, 3.63) is 144 Å². The fourth-order valence-electron chi connectivity index (χ4n) is 8.49. The van der Waals surface area contributed by atoms with Crippen LogP contribution >= 0.6 is 0 Å². The van der Waals surface area contributed by atoms with Crippen molar-refractivity contribution >= 4 is 43.6 Å². The summed E-state index contributed by atoms with van der Waals surface area (Å²) in [5, 5.41) is 4.87. The van der Waals surface area contributed by atoms with Crippen LogP contribution in [0.4, 0.5) is 0 Å². The Labute approximate surface area is 289 Å². The highest BCUT2D eigenvalue weighted by molar-refractivity contribution is 6.15. The number of ether oxygens (including phenoxy) is 2. The van der Waals surface area contributed by atoms with E-state index in [2.05, 4.69) is 158 Å². The third kappa shape index (κ3) is 3.71. The van der Waals surface area contributed by atoms with Gasteiger partial charge in [0.05, 0.1) is 33.4 Å². The Morgan fingerprint density at radius 3 is 1.28 bits per heavy atom. The molecular formula is C46H32N2O2. The van der Waals surface area contributed by atoms with Crippen LogP contribution in [-0.4, -0.2) is 9.13 Å². The highest BCUT2D eigenvalue weighted by Gasteiger charge is 2.27. The minimum atomic E-state index is 0.899. The van der Waals surface area contributed by atoms with E-state index in [1.165, 1.54) is 77.1 Å². The molecule has 0 atom stereocenters. The van der Waals surface area contributed by atoms with E-state index in [9.17, 15) is 0 Å². The van der Waals surface area contributed by atoms with Crippen molar-refractivity contribution in [3.63, 3.8) is 0 Å². The molecule has 0 saturated heterocycles. The summed E-state index contributed by atoms with van der Waals surface area (Å²) in [4.78, 5) is 0. The van der Waals surface area contributed by atoms with E-state index in [0.717, 1.165) is 45.4 Å². The van der Waals surface area contributed by atoms with Gasteiger partial charge in [0.15, 0.2) is 23.0 Å². The molecule has 0 saturated carbocycles. The van der Waals surface area contributed by atoms with Crippen molar-refractivity contribution in [2.45, 2.75) is 27.7 Å². The zero-order valence-electron chi connectivity index (χ0n) is 28.3. The predicted molar refractivity (Wildman–Crippen MR) is 205 cm³/mol. The Kier molecular flexibility index (Phi) is 5.35. The molecule has 4 heteroatoms. The molecular weight excluding hydrogens is 613 g/mol. The SMILES string of the molecule is Cc1ccc2c(c1)Oc1cc(C)cc3c4cc(-c5ccccc5-c5ccc6c(c5)c5cc(C)cc7c5n6-c5ccc(C)cc5O7)ccc4n-2c13. The number of benzene rings is 7. The molecule has 238 valence electrons. The first-order valence-electron chi connectivity index (χ1n) is 17.2. The van der Waals surface area contributed by atoms with Crippen LogP contribution in [0.25, 0.3) is 77.2 Å². The molecule has 0 bridgehead atoms. The van der Waals surface area contributed by atoms with Gasteiger partial charge in [-0.1, -0.05) is 48.5 Å². The highest BCUT2D eigenvalue weighted by Crippen LogP contribution is 2.49. The summed E-state index contributed by atoms with van der Waals surface area (Å²) in [5.41, 5.74) is 16.3. The second-order valence-electron chi connectivity index (χ2n) is 14.1. The zero-order chi connectivity index (χ0) is 33.4. The van der Waals surface area contributed by atoms with E-state index >= 15 is 0 Å². The summed E-state index contributed by atoms with van der Waals surface area (Å²) in [7, 11) is 0. The second-order valence-corrected chi connectivity index (χ2v) is 14.1. The molecule has 0 fully saturated rings. The van der Waals surface area contributed by atoms with E-state index in [-0.39, 0.29) is 0 Å². The number of fused-ring (bicyclic) bond motifs is 10. The van der Waals surface area contributed by atoms with E-state index in [1.807, 2.05) is 0 Å². The van der Waals surface area contributed by atoms with Crippen LogP contribution in [0.1, 0.15) is 22.3 Å². The number of hydrogen-bond donors (Lipinski definition) is 0. The zero-order valence-corrected chi connectivity index (χ0v) is 28.3. The van der Waals surface area contributed by atoms with Crippen molar-refractivity contribution in [1.82, 2.24) is 9.13 Å². The van der Waals surface area contributed by atoms with E-state index in [1.54, 1.807) is 0 Å². The first-order valence-corrected chi connectivity index (χ1v) is 17.2. The molecule has 11 rings (SSSR count). The van der Waals surface area contributed by atoms with Crippen LogP contribution in [0.5, 0.6) is 23.0 Å². The van der Waals surface area contributed by atoms with Gasteiger partial charge >= 0.3 is 0 Å². The lowest BCUT2D eigenvalue weighted by Gasteiger charge is -2.21. The van der Waals surface area contributed by atoms with Gasteiger partial charge in [0.1, 0.15) is 0 Å². The minimum absolute atomic E-state index is 0.899. The standard InChI is InChI=1S/C46H32N2O2/c1-25-9-13-39-41(19-25)49-43-21-27(3)17-35-33-23-29(11-15-37(33)47(39)45(35)43)31-7-5-6-8-32(31)30-12-16-38-34(24-30)36-18-28(4)22-44-46(36)48(38)40-14-10-26(2)20-42(40)50-44/h5-24H,1-4H3. The fraction of sp³-hybridized carbons (Fsp3) is 0.0870. The molecule has 2 aromatic heterocycles. The molecule has 0 amide bonds. The molecule has 0 aliphatic carbocycles. The van der Waals surface area contributed by atoms with Gasteiger partial charge in [-0.2, -0.15) is 0 Å². The van der Waals surface area contributed by atoms with Gasteiger partial charge in [0.25, 0.3) is 0 Å². The predicted octanol–water partition coefficient (Wildman–Crippen LogP) is 12.7. The summed E-state index contributed by atoms with van der Waals surface area (Å²) in [6.07, 6.45) is 0. The van der Waals surface area contributed by atoms with Crippen LogP contribution in [0.3, 0.4) is 0 Å². The lowest BCUT2D eigenvalue weighted by Crippen LogP contribution is -2.04. The topological polar surface area (TPSA) is 28.3 Å². The van der Waals surface area contributed by atoms with Crippen molar-refractivity contribution in [1.29, 1.82) is 0 Å². The maximum absolute atomic E-state index is 6.52. The van der Waals surface area contributed by atoms with Gasteiger partial charge < -0.3 is 18.6 Å². The second kappa shape index (κ2) is 9.67. The molecule has 0 spiro atoms. The third-order valence-corrected chi connectivity index (χ3v) is 10.6. The van der Waals surface area contributed by atoms with Crippen molar-refractivity contribution in [3.8, 4) is 56.6 Å². The molecule has 0 radical (unpaired) electrons. The van der Waals surface area contributed by atoms with Crippen molar-refractivity contribution in [2.24, 2.45) is 0 Å². The average molecular weight is 645 g/mol. The number of hydrogen-bond acceptors (Lipinski definition) is 2. The Morgan fingerprint density at radius 2 is 0.820 bits per heavy atom. The van der Waals surface area contributed by atoms with Gasteiger partial charge in [-0.15, -0.1) is 0 Å². The van der Waals surface area contributed by atoms with Crippen LogP contribution in [0, 0.1) is 27.7 Å². The molecule has 4 heterocycles. The van der Waals surface area contributed by atoms with E-state index in [4.69, 9.17) is 9.47 Å². The first-order chi connectivity index (χ1) is 24.4. The summed E-state index contributed by atoms with van der Waals surface area (Å²) in [6.45, 7) is 8.53. The van der Waals surface area contributed by atoms with Gasteiger partial charge in [-0.3, -0.25) is 0 Å². The largest absolute Gasteiger partial charge is 0.453 e. The molecule has 0 unspecified atom stereocenters.